The fraction of sp³-hybridized carbons (Fsp3) is 0.0185. The molecule has 64 heavy (non-hydrogen) atoms. The lowest BCUT2D eigenvalue weighted by molar-refractivity contribution is -0.137. The second-order valence-corrected chi connectivity index (χ2v) is 15.4. The Balaban J connectivity index is 1.27. The fourth-order valence-corrected chi connectivity index (χ4v) is 8.75. The third-order valence-electron chi connectivity index (χ3n) is 11.6. The Morgan fingerprint density at radius 1 is 0.484 bits per heavy atom. The van der Waals surface area contributed by atoms with Crippen molar-refractivity contribution in [3.05, 3.63) is 205 Å². The summed E-state index contributed by atoms with van der Waals surface area (Å²) in [5, 5.41) is 13.3. The summed E-state index contributed by atoms with van der Waals surface area (Å²) >= 11 is 0. The Morgan fingerprint density at radius 2 is 1.05 bits per heavy atom. The van der Waals surface area contributed by atoms with Crippen molar-refractivity contribution in [3.8, 4) is 62.7 Å². The standard InChI is InChI=1S/C54H30F3N7/c1-59-37-22-27-48-45(30-37)40-17-8-10-18-46(40)63(48)38-23-24-41(53-61-51(34-12-4-2-5-13-34)60-52(62-53)35-14-6-3-7-15-35)42(31-38)44-29-36(54(55,56)57)21-26-50(44)64-47-19-11-9-16-39(47)43-28-33(32-58)20-25-49(43)64/h2-31H. The van der Waals surface area contributed by atoms with E-state index in [1.807, 2.05) is 156 Å². The first kappa shape index (κ1) is 38.1. The van der Waals surface area contributed by atoms with Crippen molar-refractivity contribution in [1.29, 1.82) is 5.26 Å². The van der Waals surface area contributed by atoms with E-state index < -0.39 is 11.7 Å². The van der Waals surface area contributed by atoms with Crippen molar-refractivity contribution in [1.82, 2.24) is 24.1 Å². The molecular formula is C54H30F3N7. The second-order valence-electron chi connectivity index (χ2n) is 15.4. The summed E-state index contributed by atoms with van der Waals surface area (Å²) in [7, 11) is 0. The van der Waals surface area contributed by atoms with E-state index in [2.05, 4.69) is 15.5 Å². The van der Waals surface area contributed by atoms with Crippen molar-refractivity contribution in [2.24, 2.45) is 0 Å². The molecule has 0 spiro atoms. The molecule has 0 saturated carbocycles. The summed E-state index contributed by atoms with van der Waals surface area (Å²) < 4.78 is 49.2. The molecule has 11 rings (SSSR count). The topological polar surface area (TPSA) is 76.7 Å². The van der Waals surface area contributed by atoms with Gasteiger partial charge in [-0.3, -0.25) is 0 Å². The van der Waals surface area contributed by atoms with Gasteiger partial charge >= 0.3 is 6.18 Å². The SMILES string of the molecule is [C-]#[N+]c1ccc2c(c1)c1ccccc1n2-c1ccc(-c2nc(-c3ccccc3)nc(-c3ccccc3)n2)c(-c2cc(C(F)(F)F)ccc2-n2c3ccccc3c3cc(C#N)ccc32)c1. The first-order valence-electron chi connectivity index (χ1n) is 20.3. The van der Waals surface area contributed by atoms with Gasteiger partial charge in [0.05, 0.1) is 51.5 Å². The summed E-state index contributed by atoms with van der Waals surface area (Å²) in [5.74, 6) is 1.07. The zero-order valence-electron chi connectivity index (χ0n) is 33.6. The predicted octanol–water partition coefficient (Wildman–Crippen LogP) is 14.2. The van der Waals surface area contributed by atoms with Crippen LogP contribution in [0.15, 0.2) is 182 Å². The van der Waals surface area contributed by atoms with Gasteiger partial charge in [-0.05, 0) is 89.8 Å². The minimum atomic E-state index is -4.69. The molecule has 0 atom stereocenters. The number of halogens is 3. The van der Waals surface area contributed by atoms with Crippen LogP contribution in [0.3, 0.4) is 0 Å². The summed E-state index contributed by atoms with van der Waals surface area (Å²) in [6, 6.07) is 57.3. The molecule has 0 fully saturated rings. The number of alkyl halides is 3. The fourth-order valence-electron chi connectivity index (χ4n) is 8.75. The van der Waals surface area contributed by atoms with Crippen LogP contribution in [-0.2, 0) is 6.18 Å². The van der Waals surface area contributed by atoms with Crippen molar-refractivity contribution >= 4 is 49.3 Å². The maximum atomic E-state index is 15.1. The van der Waals surface area contributed by atoms with Crippen LogP contribution < -0.4 is 0 Å². The number of benzene rings is 8. The maximum absolute atomic E-state index is 15.1. The highest BCUT2D eigenvalue weighted by molar-refractivity contribution is 6.12. The van der Waals surface area contributed by atoms with Crippen molar-refractivity contribution < 1.29 is 13.2 Å². The van der Waals surface area contributed by atoms with Gasteiger partial charge in [0.15, 0.2) is 23.2 Å². The van der Waals surface area contributed by atoms with E-state index in [0.717, 1.165) is 60.8 Å². The van der Waals surface area contributed by atoms with Gasteiger partial charge in [0.1, 0.15) is 0 Å². The second kappa shape index (κ2) is 14.9. The van der Waals surface area contributed by atoms with E-state index in [4.69, 9.17) is 21.5 Å². The minimum absolute atomic E-state index is 0.266. The van der Waals surface area contributed by atoms with Gasteiger partial charge < -0.3 is 9.13 Å². The number of fused-ring (bicyclic) bond motifs is 6. The molecule has 8 aromatic carbocycles. The molecule has 0 unspecified atom stereocenters. The number of rotatable bonds is 6. The zero-order chi connectivity index (χ0) is 43.5. The zero-order valence-corrected chi connectivity index (χ0v) is 33.6. The lowest BCUT2D eigenvalue weighted by Gasteiger charge is -2.20. The van der Waals surface area contributed by atoms with Crippen LogP contribution in [0.4, 0.5) is 18.9 Å². The van der Waals surface area contributed by atoms with Crippen molar-refractivity contribution in [2.45, 2.75) is 6.18 Å². The summed E-state index contributed by atoms with van der Waals surface area (Å²) in [6.07, 6.45) is -4.69. The smallest absolute Gasteiger partial charge is 0.309 e. The summed E-state index contributed by atoms with van der Waals surface area (Å²) in [5.41, 5.74) is 7.10. The normalized spacial score (nSPS) is 11.6. The van der Waals surface area contributed by atoms with Gasteiger partial charge in [0.25, 0.3) is 0 Å². The molecule has 0 aliphatic rings. The number of aromatic nitrogens is 5. The Kier molecular flexibility index (Phi) is 8.89. The molecule has 0 N–H and O–H groups in total. The molecule has 0 radical (unpaired) electrons. The molecular weight excluding hydrogens is 804 g/mol. The van der Waals surface area contributed by atoms with Crippen LogP contribution in [-0.4, -0.2) is 24.1 Å². The minimum Gasteiger partial charge on any atom is -0.309 e. The van der Waals surface area contributed by atoms with Gasteiger partial charge in [-0.1, -0.05) is 103 Å². The van der Waals surface area contributed by atoms with Crippen LogP contribution in [0.1, 0.15) is 11.1 Å². The van der Waals surface area contributed by atoms with Crippen molar-refractivity contribution in [3.63, 3.8) is 0 Å². The molecule has 7 nitrogen and oxygen atoms in total. The molecule has 0 bridgehead atoms. The summed E-state index contributed by atoms with van der Waals surface area (Å²) in [6.45, 7) is 7.73. The van der Waals surface area contributed by atoms with Crippen LogP contribution >= 0.6 is 0 Å². The van der Waals surface area contributed by atoms with E-state index in [0.29, 0.717) is 45.4 Å². The van der Waals surface area contributed by atoms with Crippen LogP contribution in [0.5, 0.6) is 0 Å². The number of hydrogen-bond acceptors (Lipinski definition) is 4. The van der Waals surface area contributed by atoms with Crippen LogP contribution in [0.25, 0.3) is 105 Å². The van der Waals surface area contributed by atoms with E-state index >= 15 is 13.2 Å². The molecule has 0 aliphatic carbocycles. The first-order valence-corrected chi connectivity index (χ1v) is 20.3. The molecule has 10 heteroatoms. The Bertz CT molecular complexity index is 3690. The van der Waals surface area contributed by atoms with E-state index in [9.17, 15) is 5.26 Å². The van der Waals surface area contributed by atoms with Gasteiger partial charge in [0.2, 0.25) is 0 Å². The van der Waals surface area contributed by atoms with Gasteiger partial charge in [-0.15, -0.1) is 0 Å². The maximum Gasteiger partial charge on any atom is 0.416 e. The average Bonchev–Trinajstić information content (AvgIpc) is 3.85. The third kappa shape index (κ3) is 6.32. The van der Waals surface area contributed by atoms with E-state index in [1.165, 1.54) is 12.1 Å². The van der Waals surface area contributed by atoms with E-state index in [1.54, 1.807) is 12.1 Å². The molecule has 11 aromatic rings. The average molecular weight is 834 g/mol. The number of para-hydroxylation sites is 2. The van der Waals surface area contributed by atoms with Crippen molar-refractivity contribution in [2.75, 3.05) is 0 Å². The largest absolute Gasteiger partial charge is 0.416 e. The highest BCUT2D eigenvalue weighted by Gasteiger charge is 2.32. The van der Waals surface area contributed by atoms with Gasteiger partial charge in [0, 0.05) is 44.1 Å². The number of hydrogen-bond donors (Lipinski definition) is 0. The first-order chi connectivity index (χ1) is 31.3. The Labute approximate surface area is 364 Å². The Hall–Kier alpha value is -8.86. The molecule has 3 aromatic heterocycles. The van der Waals surface area contributed by atoms with Crippen LogP contribution in [0, 0.1) is 17.9 Å². The quantitative estimate of drug-likeness (QED) is 0.156. The Morgan fingerprint density at radius 3 is 1.69 bits per heavy atom. The third-order valence-corrected chi connectivity index (χ3v) is 11.6. The molecule has 0 amide bonds. The van der Waals surface area contributed by atoms with E-state index in [-0.39, 0.29) is 11.4 Å². The van der Waals surface area contributed by atoms with Gasteiger partial charge in [-0.2, -0.15) is 18.4 Å². The number of nitriles is 1. The number of nitrogens with zero attached hydrogens (tertiary/aromatic N) is 7. The van der Waals surface area contributed by atoms with Gasteiger partial charge in [-0.25, -0.2) is 19.8 Å². The monoisotopic (exact) mass is 833 g/mol. The molecule has 3 heterocycles. The summed E-state index contributed by atoms with van der Waals surface area (Å²) in [4.78, 5) is 18.7. The lowest BCUT2D eigenvalue weighted by atomic mass is 9.94. The molecule has 0 saturated heterocycles. The highest BCUT2D eigenvalue weighted by Crippen LogP contribution is 2.44. The lowest BCUT2D eigenvalue weighted by Crippen LogP contribution is -2.08. The van der Waals surface area contributed by atoms with Crippen LogP contribution in [0.2, 0.25) is 0 Å². The molecule has 302 valence electrons. The highest BCUT2D eigenvalue weighted by atomic mass is 19.4. The molecule has 0 aliphatic heterocycles. The predicted molar refractivity (Wildman–Crippen MR) is 246 cm³/mol.